The highest BCUT2D eigenvalue weighted by Crippen LogP contribution is 2.13. The minimum Gasteiger partial charge on any atom is -0.330 e. The van der Waals surface area contributed by atoms with E-state index in [-0.39, 0.29) is 0 Å². The second-order valence-corrected chi connectivity index (χ2v) is 4.35. The number of rotatable bonds is 4. The molecule has 2 heteroatoms. The van der Waals surface area contributed by atoms with Crippen LogP contribution in [-0.2, 0) is 6.42 Å². The largest absolute Gasteiger partial charge is 0.330 e. The zero-order valence-corrected chi connectivity index (χ0v) is 10.0. The van der Waals surface area contributed by atoms with Gasteiger partial charge in [-0.25, -0.2) is 0 Å². The monoisotopic (exact) mass is 253 g/mol. The summed E-state index contributed by atoms with van der Waals surface area (Å²) in [6.07, 6.45) is 4.21. The van der Waals surface area contributed by atoms with Crippen molar-refractivity contribution in [3.63, 3.8) is 0 Å². The molecule has 0 amide bonds. The van der Waals surface area contributed by atoms with E-state index in [9.17, 15) is 0 Å². The fraction of sp³-hybridized carbons (Fsp3) is 0.333. The third kappa shape index (κ3) is 4.07. The van der Waals surface area contributed by atoms with E-state index in [4.69, 9.17) is 5.73 Å². The third-order valence-electron chi connectivity index (χ3n) is 2.06. The van der Waals surface area contributed by atoms with Gasteiger partial charge in [-0.1, -0.05) is 39.7 Å². The highest BCUT2D eigenvalue weighted by Gasteiger charge is 1.94. The summed E-state index contributed by atoms with van der Waals surface area (Å²) >= 11 is 3.42. The van der Waals surface area contributed by atoms with E-state index in [0.717, 1.165) is 23.9 Å². The number of nitrogens with two attached hydrogens (primary N) is 1. The van der Waals surface area contributed by atoms with Crippen molar-refractivity contribution in [2.24, 2.45) is 5.73 Å². The minimum absolute atomic E-state index is 0.734. The van der Waals surface area contributed by atoms with Crippen LogP contribution in [0.15, 0.2) is 40.4 Å². The molecule has 0 saturated carbocycles. The SMILES string of the molecule is CC(=CCCN)Cc1ccc(Br)cc1. The predicted molar refractivity (Wildman–Crippen MR) is 65.3 cm³/mol. The lowest BCUT2D eigenvalue weighted by molar-refractivity contribution is 0.981. The highest BCUT2D eigenvalue weighted by molar-refractivity contribution is 9.10. The first kappa shape index (κ1) is 11.5. The van der Waals surface area contributed by atoms with Crippen LogP contribution in [0.1, 0.15) is 18.9 Å². The molecular formula is C12H16BrN. The standard InChI is InChI=1S/C12H16BrN/c1-10(3-2-8-14)9-11-4-6-12(13)7-5-11/h3-7H,2,8-9,14H2,1H3. The molecular weight excluding hydrogens is 238 g/mol. The Kier molecular flexibility index (Phi) is 4.91. The average molecular weight is 254 g/mol. The number of hydrogen-bond acceptors (Lipinski definition) is 1. The molecule has 1 aromatic rings. The molecule has 0 bridgehead atoms. The minimum atomic E-state index is 0.734. The Bertz CT molecular complexity index is 301. The van der Waals surface area contributed by atoms with Crippen LogP contribution in [0, 0.1) is 0 Å². The summed E-state index contributed by atoms with van der Waals surface area (Å²) in [6.45, 7) is 2.88. The van der Waals surface area contributed by atoms with Gasteiger partial charge in [0.05, 0.1) is 0 Å². The highest BCUT2D eigenvalue weighted by atomic mass is 79.9. The fourth-order valence-corrected chi connectivity index (χ4v) is 1.59. The first-order valence-corrected chi connectivity index (χ1v) is 5.62. The van der Waals surface area contributed by atoms with E-state index >= 15 is 0 Å². The van der Waals surface area contributed by atoms with Gasteiger partial charge in [0.15, 0.2) is 0 Å². The lowest BCUT2D eigenvalue weighted by atomic mass is 10.1. The molecule has 76 valence electrons. The van der Waals surface area contributed by atoms with Gasteiger partial charge in [0.1, 0.15) is 0 Å². The molecule has 0 radical (unpaired) electrons. The maximum atomic E-state index is 5.44. The number of benzene rings is 1. The van der Waals surface area contributed by atoms with Crippen molar-refractivity contribution in [3.05, 3.63) is 46.0 Å². The fourth-order valence-electron chi connectivity index (χ4n) is 1.33. The van der Waals surface area contributed by atoms with E-state index in [0.29, 0.717) is 0 Å². The number of halogens is 1. The second kappa shape index (κ2) is 5.99. The van der Waals surface area contributed by atoms with E-state index in [1.807, 2.05) is 0 Å². The molecule has 0 heterocycles. The van der Waals surface area contributed by atoms with Crippen LogP contribution in [0.3, 0.4) is 0 Å². The van der Waals surface area contributed by atoms with Crippen LogP contribution in [0.5, 0.6) is 0 Å². The Morgan fingerprint density at radius 3 is 2.57 bits per heavy atom. The number of hydrogen-bond donors (Lipinski definition) is 1. The van der Waals surface area contributed by atoms with Gasteiger partial charge in [0, 0.05) is 4.47 Å². The van der Waals surface area contributed by atoms with Crippen LogP contribution < -0.4 is 5.73 Å². The van der Waals surface area contributed by atoms with Crippen LogP contribution in [0.2, 0.25) is 0 Å². The van der Waals surface area contributed by atoms with E-state index in [1.165, 1.54) is 11.1 Å². The molecule has 0 atom stereocenters. The van der Waals surface area contributed by atoms with Gasteiger partial charge in [-0.15, -0.1) is 0 Å². The Labute approximate surface area is 94.1 Å². The summed E-state index contributed by atoms with van der Waals surface area (Å²) < 4.78 is 1.13. The summed E-state index contributed by atoms with van der Waals surface area (Å²) in [5, 5.41) is 0. The molecule has 0 aliphatic rings. The molecule has 1 nitrogen and oxygen atoms in total. The Morgan fingerprint density at radius 1 is 1.36 bits per heavy atom. The molecule has 0 saturated heterocycles. The zero-order valence-electron chi connectivity index (χ0n) is 8.46. The topological polar surface area (TPSA) is 26.0 Å². The van der Waals surface area contributed by atoms with Crippen LogP contribution in [-0.4, -0.2) is 6.54 Å². The van der Waals surface area contributed by atoms with Crippen molar-refractivity contribution in [3.8, 4) is 0 Å². The zero-order chi connectivity index (χ0) is 10.4. The summed E-state index contributed by atoms with van der Waals surface area (Å²) in [5.41, 5.74) is 8.17. The first-order chi connectivity index (χ1) is 6.72. The van der Waals surface area contributed by atoms with E-state index < -0.39 is 0 Å². The van der Waals surface area contributed by atoms with Gasteiger partial charge in [-0.3, -0.25) is 0 Å². The van der Waals surface area contributed by atoms with Gasteiger partial charge in [-0.05, 0) is 44.0 Å². The van der Waals surface area contributed by atoms with Gasteiger partial charge in [0.25, 0.3) is 0 Å². The lowest BCUT2D eigenvalue weighted by Crippen LogP contribution is -1.96. The molecule has 0 unspecified atom stereocenters. The first-order valence-electron chi connectivity index (χ1n) is 4.82. The van der Waals surface area contributed by atoms with E-state index in [2.05, 4.69) is 53.2 Å². The van der Waals surface area contributed by atoms with Crippen molar-refractivity contribution >= 4 is 15.9 Å². The summed E-state index contributed by atoms with van der Waals surface area (Å²) in [5.74, 6) is 0. The van der Waals surface area contributed by atoms with Gasteiger partial charge >= 0.3 is 0 Å². The van der Waals surface area contributed by atoms with Crippen LogP contribution in [0.25, 0.3) is 0 Å². The Balaban J connectivity index is 2.56. The van der Waals surface area contributed by atoms with Gasteiger partial charge in [0.2, 0.25) is 0 Å². The van der Waals surface area contributed by atoms with Crippen molar-refractivity contribution in [2.75, 3.05) is 6.54 Å². The molecule has 0 aliphatic carbocycles. The quantitative estimate of drug-likeness (QED) is 0.820. The van der Waals surface area contributed by atoms with Crippen molar-refractivity contribution in [1.29, 1.82) is 0 Å². The van der Waals surface area contributed by atoms with Crippen molar-refractivity contribution < 1.29 is 0 Å². The summed E-state index contributed by atoms with van der Waals surface area (Å²) in [6, 6.07) is 8.44. The lowest BCUT2D eigenvalue weighted by Gasteiger charge is -2.02. The van der Waals surface area contributed by atoms with Crippen molar-refractivity contribution in [2.45, 2.75) is 19.8 Å². The Hall–Kier alpha value is -0.600. The molecule has 0 aliphatic heterocycles. The molecule has 0 spiro atoms. The smallest absolute Gasteiger partial charge is 0.0175 e. The van der Waals surface area contributed by atoms with Gasteiger partial charge in [-0.2, -0.15) is 0 Å². The molecule has 2 N–H and O–H groups in total. The molecule has 0 aromatic heterocycles. The molecule has 0 fully saturated rings. The summed E-state index contributed by atoms with van der Waals surface area (Å²) in [7, 11) is 0. The Morgan fingerprint density at radius 2 is 2.00 bits per heavy atom. The van der Waals surface area contributed by atoms with Crippen LogP contribution in [0.4, 0.5) is 0 Å². The predicted octanol–water partition coefficient (Wildman–Crippen LogP) is 3.29. The average Bonchev–Trinajstić information content (AvgIpc) is 2.18. The summed E-state index contributed by atoms with van der Waals surface area (Å²) in [4.78, 5) is 0. The number of allylic oxidation sites excluding steroid dienone is 1. The van der Waals surface area contributed by atoms with Crippen LogP contribution >= 0.6 is 15.9 Å². The van der Waals surface area contributed by atoms with Gasteiger partial charge < -0.3 is 5.73 Å². The molecule has 1 rings (SSSR count). The van der Waals surface area contributed by atoms with E-state index in [1.54, 1.807) is 0 Å². The molecule has 14 heavy (non-hydrogen) atoms. The maximum absolute atomic E-state index is 5.44. The normalized spacial score (nSPS) is 11.8. The maximum Gasteiger partial charge on any atom is 0.0175 e. The van der Waals surface area contributed by atoms with Crippen molar-refractivity contribution in [1.82, 2.24) is 0 Å². The molecule has 1 aromatic carbocycles. The second-order valence-electron chi connectivity index (χ2n) is 3.43. The third-order valence-corrected chi connectivity index (χ3v) is 2.58.